The van der Waals surface area contributed by atoms with E-state index in [0.29, 0.717) is 0 Å². The molecule has 12 rings (SSSR count). The van der Waals surface area contributed by atoms with Gasteiger partial charge in [-0.05, 0) is 66.4 Å². The number of para-hydroxylation sites is 6. The summed E-state index contributed by atoms with van der Waals surface area (Å²) < 4.78 is 19.8. The number of rotatable bonds is 4. The Kier molecular flexibility index (Phi) is 9.22. The van der Waals surface area contributed by atoms with E-state index in [1.807, 2.05) is 18.2 Å². The monoisotopic (exact) mass is 938 g/mol. The maximum Gasteiger partial charge on any atom is 0.0541 e. The first-order valence-corrected chi connectivity index (χ1v) is 19.4. The summed E-state index contributed by atoms with van der Waals surface area (Å²) in [6.45, 7) is 0. The van der Waals surface area contributed by atoms with Crippen LogP contribution in [0.5, 0.6) is 0 Å². The maximum absolute atomic E-state index is 12.6. The second kappa shape index (κ2) is 15.0. The van der Waals surface area contributed by atoms with Crippen molar-refractivity contribution in [2.24, 2.45) is 0 Å². The molecular formula is C53H34FIrN4-. The molecule has 283 valence electrons. The zero-order valence-electron chi connectivity index (χ0n) is 31.6. The molecule has 0 saturated carbocycles. The van der Waals surface area contributed by atoms with Gasteiger partial charge < -0.3 is 18.7 Å². The number of hydrogen-bond donors (Lipinski definition) is 0. The Morgan fingerprint density at radius 3 is 0.983 bits per heavy atom. The molecule has 4 nitrogen and oxygen atoms in total. The molecule has 0 N–H and O–H groups in total. The third-order valence-electron chi connectivity index (χ3n) is 11.1. The molecule has 0 saturated heterocycles. The summed E-state index contributed by atoms with van der Waals surface area (Å²) in [6.07, 6.45) is 1.70. The van der Waals surface area contributed by atoms with Gasteiger partial charge in [0.05, 0.1) is 50.2 Å². The molecule has 0 atom stereocenters. The van der Waals surface area contributed by atoms with Crippen LogP contribution >= 0.6 is 0 Å². The first-order valence-electron chi connectivity index (χ1n) is 19.4. The predicted molar refractivity (Wildman–Crippen MR) is 238 cm³/mol. The van der Waals surface area contributed by atoms with Gasteiger partial charge in [0.15, 0.2) is 0 Å². The molecule has 0 bridgehead atoms. The fourth-order valence-corrected chi connectivity index (χ4v) is 8.66. The number of pyridine rings is 1. The first-order chi connectivity index (χ1) is 28.7. The molecule has 59 heavy (non-hydrogen) atoms. The Hall–Kier alpha value is -7.11. The van der Waals surface area contributed by atoms with Gasteiger partial charge in [-0.1, -0.05) is 121 Å². The van der Waals surface area contributed by atoms with Gasteiger partial charge in [0.25, 0.3) is 0 Å². The minimum Gasteiger partial charge on any atom is -0.309 e. The molecular weight excluding hydrogens is 904 g/mol. The van der Waals surface area contributed by atoms with Crippen LogP contribution < -0.4 is 0 Å². The van der Waals surface area contributed by atoms with E-state index in [-0.39, 0.29) is 25.9 Å². The molecule has 0 fully saturated rings. The molecule has 6 heteroatoms. The largest absolute Gasteiger partial charge is 0.309 e. The van der Waals surface area contributed by atoms with Crippen LogP contribution in [-0.2, 0) is 20.1 Å². The fourth-order valence-electron chi connectivity index (χ4n) is 8.66. The van der Waals surface area contributed by atoms with Crippen molar-refractivity contribution in [1.29, 1.82) is 0 Å². The molecule has 0 aliphatic carbocycles. The van der Waals surface area contributed by atoms with E-state index in [9.17, 15) is 4.39 Å². The molecule has 0 aliphatic rings. The molecule has 1 radical (unpaired) electrons. The number of benzene rings is 8. The first kappa shape index (κ1) is 36.2. The van der Waals surface area contributed by atoms with Gasteiger partial charge in [-0.15, -0.1) is 29.8 Å². The number of halogens is 1. The number of nitrogens with zero attached hydrogens (tertiary/aromatic N) is 4. The Bertz CT molecular complexity index is 2990. The van der Waals surface area contributed by atoms with Crippen molar-refractivity contribution in [1.82, 2.24) is 18.7 Å². The van der Waals surface area contributed by atoms with E-state index in [1.54, 1.807) is 12.3 Å². The zero-order valence-corrected chi connectivity index (χ0v) is 34.0. The number of fused-ring (bicyclic) bond motifs is 9. The van der Waals surface area contributed by atoms with Crippen LogP contribution in [-0.4, -0.2) is 18.7 Å². The Morgan fingerprint density at radius 2 is 0.695 bits per heavy atom. The number of aromatic nitrogens is 4. The topological polar surface area (TPSA) is 27.7 Å². The van der Waals surface area contributed by atoms with Crippen molar-refractivity contribution in [3.63, 3.8) is 0 Å². The minimum atomic E-state index is -0.278. The van der Waals surface area contributed by atoms with E-state index >= 15 is 0 Å². The average Bonchev–Trinajstić information content (AvgIpc) is 3.93. The van der Waals surface area contributed by atoms with Crippen LogP contribution in [0, 0.1) is 11.9 Å². The predicted octanol–water partition coefficient (Wildman–Crippen LogP) is 13.7. The van der Waals surface area contributed by atoms with Crippen molar-refractivity contribution in [2.45, 2.75) is 0 Å². The summed E-state index contributed by atoms with van der Waals surface area (Å²) in [5, 5.41) is 7.55. The number of hydrogen-bond acceptors (Lipinski definition) is 1. The molecule has 8 aromatic carbocycles. The van der Waals surface area contributed by atoms with E-state index in [1.165, 1.54) is 77.6 Å². The van der Waals surface area contributed by atoms with E-state index in [4.69, 9.17) is 0 Å². The van der Waals surface area contributed by atoms with Crippen molar-refractivity contribution >= 4 is 65.4 Å². The fraction of sp³-hybridized carbons (Fsp3) is 0. The van der Waals surface area contributed by atoms with Gasteiger partial charge in [-0.3, -0.25) is 4.39 Å². The van der Waals surface area contributed by atoms with Crippen molar-refractivity contribution in [3.8, 4) is 28.3 Å². The zero-order chi connectivity index (χ0) is 38.6. The summed E-state index contributed by atoms with van der Waals surface area (Å²) in [4.78, 5) is 4.12. The van der Waals surface area contributed by atoms with E-state index in [0.717, 1.165) is 28.3 Å². The summed E-state index contributed by atoms with van der Waals surface area (Å²) in [5.74, 6) is -0.278. The van der Waals surface area contributed by atoms with Crippen molar-refractivity contribution < 1.29 is 24.5 Å². The summed E-state index contributed by atoms with van der Waals surface area (Å²) >= 11 is 0. The van der Waals surface area contributed by atoms with Gasteiger partial charge in [0, 0.05) is 64.4 Å². The van der Waals surface area contributed by atoms with E-state index < -0.39 is 0 Å². The van der Waals surface area contributed by atoms with Gasteiger partial charge in [0.2, 0.25) is 0 Å². The Morgan fingerprint density at radius 1 is 0.373 bits per heavy atom. The molecule has 0 amide bonds. The maximum atomic E-state index is 12.6. The van der Waals surface area contributed by atoms with Crippen LogP contribution in [0.2, 0.25) is 0 Å². The van der Waals surface area contributed by atoms with Crippen molar-refractivity contribution in [3.05, 3.63) is 218 Å². The molecule has 0 unspecified atom stereocenters. The van der Waals surface area contributed by atoms with E-state index in [2.05, 4.69) is 189 Å². The SMILES string of the molecule is Fc1c[c-]c(-c2ccccn2)cc1.[Ir].c1ccc2c(c1)c1ccccc1n2-c1cc(-n2c3ccccc3c3ccccc32)cc(-n2c3ccccc3c3ccccc32)c1. The summed E-state index contributed by atoms with van der Waals surface area (Å²) in [5.41, 5.74) is 12.2. The third-order valence-corrected chi connectivity index (χ3v) is 11.1. The molecule has 0 aliphatic heterocycles. The molecule has 12 aromatic rings. The standard InChI is InChI=1S/C42H27N3.C11H7FN.Ir/c1-7-19-37-31(13-1)32-14-2-8-20-38(32)43(37)28-25-29(44-39-21-9-3-15-33(39)34-16-4-10-22-40(34)44)27-30(26-28)45-41-23-11-5-17-35(41)36-18-6-12-24-42(36)45;12-10-6-4-9(5-7-10)11-3-1-2-8-13-11;/h1-27H;1-4,6-8H;/q;-1;. The molecule has 4 aromatic heterocycles. The van der Waals surface area contributed by atoms with Gasteiger partial charge in [-0.25, -0.2) is 0 Å². The Labute approximate surface area is 353 Å². The second-order valence-electron chi connectivity index (χ2n) is 14.5. The Balaban J connectivity index is 0.000000257. The smallest absolute Gasteiger partial charge is 0.0541 e. The van der Waals surface area contributed by atoms with Crippen LogP contribution in [0.4, 0.5) is 4.39 Å². The third kappa shape index (κ3) is 6.13. The van der Waals surface area contributed by atoms with Gasteiger partial charge in [0.1, 0.15) is 0 Å². The van der Waals surface area contributed by atoms with Crippen LogP contribution in [0.15, 0.2) is 206 Å². The second-order valence-corrected chi connectivity index (χ2v) is 14.5. The molecule has 0 spiro atoms. The summed E-state index contributed by atoms with van der Waals surface area (Å²) in [6, 6.07) is 72.4. The van der Waals surface area contributed by atoms with Gasteiger partial charge in [-0.2, -0.15) is 0 Å². The van der Waals surface area contributed by atoms with Crippen molar-refractivity contribution in [2.75, 3.05) is 0 Å². The summed E-state index contributed by atoms with van der Waals surface area (Å²) in [7, 11) is 0. The normalized spacial score (nSPS) is 11.3. The van der Waals surface area contributed by atoms with Crippen LogP contribution in [0.3, 0.4) is 0 Å². The average molecular weight is 938 g/mol. The van der Waals surface area contributed by atoms with Crippen LogP contribution in [0.25, 0.3) is 93.7 Å². The van der Waals surface area contributed by atoms with Gasteiger partial charge >= 0.3 is 0 Å². The minimum absolute atomic E-state index is 0. The molecule has 4 heterocycles. The van der Waals surface area contributed by atoms with Crippen LogP contribution in [0.1, 0.15) is 0 Å². The quantitative estimate of drug-likeness (QED) is 0.162.